The summed E-state index contributed by atoms with van der Waals surface area (Å²) in [6.07, 6.45) is 2.22. The van der Waals surface area contributed by atoms with Crippen LogP contribution in [0.1, 0.15) is 6.92 Å². The van der Waals surface area contributed by atoms with Crippen LogP contribution < -0.4 is 4.72 Å². The summed E-state index contributed by atoms with van der Waals surface area (Å²) in [6.45, 7) is 1.76. The van der Waals surface area contributed by atoms with Gasteiger partial charge in [-0.05, 0) is 32.6 Å². The summed E-state index contributed by atoms with van der Waals surface area (Å²) in [5.74, 6) is 0. The molecule has 7 nitrogen and oxygen atoms in total. The monoisotopic (exact) mass is 308 g/mol. The van der Waals surface area contributed by atoms with Crippen LogP contribution in [0, 0.1) is 0 Å². The molecule has 1 aromatic heterocycles. The van der Waals surface area contributed by atoms with E-state index in [2.05, 4.69) is 14.7 Å². The Hall–Kier alpha value is -0.800. The minimum atomic E-state index is -3.76. The molecular weight excluding hydrogens is 292 g/mol. The van der Waals surface area contributed by atoms with Gasteiger partial charge in [-0.15, -0.1) is 0 Å². The maximum atomic E-state index is 11.9. The molecule has 2 N–H and O–H groups in total. The van der Waals surface area contributed by atoms with Gasteiger partial charge in [0.05, 0.1) is 18.0 Å². The van der Waals surface area contributed by atoms with Crippen molar-refractivity contribution in [3.8, 4) is 0 Å². The van der Waals surface area contributed by atoms with Crippen LogP contribution in [0.2, 0.25) is 5.28 Å². The summed E-state index contributed by atoms with van der Waals surface area (Å²) in [4.78, 5) is 8.87. The molecule has 0 spiro atoms. The van der Waals surface area contributed by atoms with Crippen LogP contribution in [0.3, 0.4) is 0 Å². The predicted octanol–water partition coefficient (Wildman–Crippen LogP) is -0.279. The molecule has 1 rings (SSSR count). The van der Waals surface area contributed by atoms with Gasteiger partial charge in [-0.3, -0.25) is 0 Å². The standard InChI is InChI=1S/C10H17ClN4O3S/c1-10(16,7-15(2)3)6-14-19(17,18)8-4-12-9(11)13-5-8/h4-5,14,16H,6-7H2,1-3H3. The Balaban J connectivity index is 2.73. The number of halogens is 1. The van der Waals surface area contributed by atoms with E-state index >= 15 is 0 Å². The fraction of sp³-hybridized carbons (Fsp3) is 0.600. The zero-order valence-corrected chi connectivity index (χ0v) is 12.5. The number of sulfonamides is 1. The Labute approximate surface area is 117 Å². The van der Waals surface area contributed by atoms with Crippen LogP contribution in [0.15, 0.2) is 17.3 Å². The Kier molecular flexibility index (Phi) is 5.22. The molecule has 108 valence electrons. The highest BCUT2D eigenvalue weighted by molar-refractivity contribution is 7.89. The van der Waals surface area contributed by atoms with Gasteiger partial charge in [0.2, 0.25) is 15.3 Å². The molecule has 0 bridgehead atoms. The lowest BCUT2D eigenvalue weighted by Gasteiger charge is -2.26. The number of aromatic nitrogens is 2. The van der Waals surface area contributed by atoms with Gasteiger partial charge >= 0.3 is 0 Å². The van der Waals surface area contributed by atoms with Crippen LogP contribution >= 0.6 is 11.6 Å². The third-order valence-electron chi connectivity index (χ3n) is 2.21. The highest BCUT2D eigenvalue weighted by Crippen LogP contribution is 2.09. The second-order valence-corrected chi connectivity index (χ2v) is 6.85. The summed E-state index contributed by atoms with van der Waals surface area (Å²) in [6, 6.07) is 0. The molecule has 0 aliphatic rings. The van der Waals surface area contributed by atoms with Crippen molar-refractivity contribution in [3.63, 3.8) is 0 Å². The van der Waals surface area contributed by atoms with Gasteiger partial charge in [-0.2, -0.15) is 0 Å². The van der Waals surface area contributed by atoms with Crippen molar-refractivity contribution in [1.82, 2.24) is 19.6 Å². The summed E-state index contributed by atoms with van der Waals surface area (Å²) < 4.78 is 26.1. The van der Waals surface area contributed by atoms with Crippen LogP contribution in [-0.4, -0.2) is 61.2 Å². The molecule has 0 aromatic carbocycles. The predicted molar refractivity (Wildman–Crippen MR) is 71.4 cm³/mol. The molecule has 0 aliphatic heterocycles. The molecule has 0 amide bonds. The highest BCUT2D eigenvalue weighted by atomic mass is 35.5. The van der Waals surface area contributed by atoms with Crippen LogP contribution in [0.4, 0.5) is 0 Å². The van der Waals surface area contributed by atoms with Crippen LogP contribution in [0.25, 0.3) is 0 Å². The Morgan fingerprint density at radius 1 is 1.42 bits per heavy atom. The Morgan fingerprint density at radius 3 is 2.42 bits per heavy atom. The van der Waals surface area contributed by atoms with E-state index in [0.29, 0.717) is 6.54 Å². The summed E-state index contributed by atoms with van der Waals surface area (Å²) in [7, 11) is -0.183. The Morgan fingerprint density at radius 2 is 1.95 bits per heavy atom. The third kappa shape index (κ3) is 5.37. The number of likely N-dealkylation sites (N-methyl/N-ethyl adjacent to an activating group) is 1. The van der Waals surface area contributed by atoms with E-state index in [-0.39, 0.29) is 16.7 Å². The Bertz CT molecular complexity index is 516. The van der Waals surface area contributed by atoms with Gasteiger partial charge in [0.1, 0.15) is 4.90 Å². The number of aliphatic hydroxyl groups is 1. The van der Waals surface area contributed by atoms with E-state index in [1.807, 2.05) is 0 Å². The normalized spacial score (nSPS) is 15.5. The summed E-state index contributed by atoms with van der Waals surface area (Å²) in [5.41, 5.74) is -1.18. The zero-order valence-electron chi connectivity index (χ0n) is 11.0. The summed E-state index contributed by atoms with van der Waals surface area (Å²) >= 11 is 5.49. The number of hydrogen-bond donors (Lipinski definition) is 2. The molecule has 0 saturated carbocycles. The van der Waals surface area contributed by atoms with Gasteiger partial charge in [0.25, 0.3) is 0 Å². The maximum Gasteiger partial charge on any atom is 0.243 e. The lowest BCUT2D eigenvalue weighted by atomic mass is 10.1. The van der Waals surface area contributed by atoms with E-state index in [1.54, 1.807) is 25.9 Å². The van der Waals surface area contributed by atoms with E-state index in [0.717, 1.165) is 12.4 Å². The third-order valence-corrected chi connectivity index (χ3v) is 3.76. The fourth-order valence-corrected chi connectivity index (χ4v) is 2.66. The molecule has 0 fully saturated rings. The van der Waals surface area contributed by atoms with E-state index in [9.17, 15) is 13.5 Å². The van der Waals surface area contributed by atoms with Crippen molar-refractivity contribution in [2.24, 2.45) is 0 Å². The second-order valence-electron chi connectivity index (χ2n) is 4.75. The van der Waals surface area contributed by atoms with E-state index in [1.165, 1.54) is 0 Å². The molecular formula is C10H17ClN4O3S. The van der Waals surface area contributed by atoms with Crippen molar-refractivity contribution < 1.29 is 13.5 Å². The second kappa shape index (κ2) is 6.10. The van der Waals surface area contributed by atoms with Gasteiger partial charge in [-0.25, -0.2) is 23.1 Å². The van der Waals surface area contributed by atoms with Crippen LogP contribution in [0.5, 0.6) is 0 Å². The van der Waals surface area contributed by atoms with Gasteiger partial charge in [0, 0.05) is 13.1 Å². The van der Waals surface area contributed by atoms with Crippen molar-refractivity contribution in [2.45, 2.75) is 17.4 Å². The molecule has 1 aromatic rings. The summed E-state index contributed by atoms with van der Waals surface area (Å²) in [5, 5.41) is 9.99. The quantitative estimate of drug-likeness (QED) is 0.702. The van der Waals surface area contributed by atoms with Gasteiger partial charge in [0.15, 0.2) is 0 Å². The molecule has 1 unspecified atom stereocenters. The largest absolute Gasteiger partial charge is 0.387 e. The smallest absolute Gasteiger partial charge is 0.243 e. The van der Waals surface area contributed by atoms with Crippen molar-refractivity contribution in [2.75, 3.05) is 27.2 Å². The number of hydrogen-bond acceptors (Lipinski definition) is 6. The fourth-order valence-electron chi connectivity index (χ4n) is 1.51. The minimum Gasteiger partial charge on any atom is -0.387 e. The highest BCUT2D eigenvalue weighted by Gasteiger charge is 2.25. The molecule has 0 aliphatic carbocycles. The van der Waals surface area contributed by atoms with Gasteiger partial charge < -0.3 is 10.0 Å². The van der Waals surface area contributed by atoms with E-state index in [4.69, 9.17) is 11.6 Å². The topological polar surface area (TPSA) is 95.4 Å². The molecule has 1 atom stereocenters. The number of nitrogens with zero attached hydrogens (tertiary/aromatic N) is 3. The first-order valence-corrected chi connectivity index (χ1v) is 7.33. The molecule has 0 radical (unpaired) electrons. The molecule has 0 saturated heterocycles. The lowest BCUT2D eigenvalue weighted by molar-refractivity contribution is 0.0386. The lowest BCUT2D eigenvalue weighted by Crippen LogP contribution is -2.47. The SMILES string of the molecule is CN(C)CC(C)(O)CNS(=O)(=O)c1cnc(Cl)nc1. The van der Waals surface area contributed by atoms with Crippen LogP contribution in [-0.2, 0) is 10.0 Å². The average molecular weight is 309 g/mol. The van der Waals surface area contributed by atoms with Crippen molar-refractivity contribution in [1.29, 1.82) is 0 Å². The number of rotatable bonds is 6. The molecule has 1 heterocycles. The first-order valence-electron chi connectivity index (χ1n) is 5.47. The van der Waals surface area contributed by atoms with Crippen molar-refractivity contribution in [3.05, 3.63) is 17.7 Å². The first kappa shape index (κ1) is 16.3. The molecule has 19 heavy (non-hydrogen) atoms. The average Bonchev–Trinajstić information content (AvgIpc) is 2.26. The maximum absolute atomic E-state index is 11.9. The first-order chi connectivity index (χ1) is 8.62. The zero-order chi connectivity index (χ0) is 14.7. The van der Waals surface area contributed by atoms with Gasteiger partial charge in [-0.1, -0.05) is 0 Å². The minimum absolute atomic E-state index is 0.0291. The number of nitrogens with one attached hydrogen (secondary N) is 1. The van der Waals surface area contributed by atoms with E-state index < -0.39 is 15.6 Å². The van der Waals surface area contributed by atoms with Crippen molar-refractivity contribution >= 4 is 21.6 Å². The molecule has 9 heteroatoms.